The molecule has 0 radical (unpaired) electrons. The van der Waals surface area contributed by atoms with Crippen molar-refractivity contribution in [3.05, 3.63) is 57.6 Å². The van der Waals surface area contributed by atoms with Crippen molar-refractivity contribution in [3.8, 4) is 11.5 Å². The van der Waals surface area contributed by atoms with E-state index in [0.717, 1.165) is 11.8 Å². The highest BCUT2D eigenvalue weighted by Crippen LogP contribution is 2.37. The molecule has 2 rings (SSSR count). The van der Waals surface area contributed by atoms with Gasteiger partial charge in [0.05, 0.1) is 23.8 Å². The highest BCUT2D eigenvalue weighted by Gasteiger charge is 2.13. The molecule has 0 amide bonds. The highest BCUT2D eigenvalue weighted by molar-refractivity contribution is 9.10. The second-order valence-electron chi connectivity index (χ2n) is 4.86. The first kappa shape index (κ1) is 18.0. The van der Waals surface area contributed by atoms with Crippen LogP contribution in [0.4, 0.5) is 0 Å². The lowest BCUT2D eigenvalue weighted by Gasteiger charge is -2.14. The van der Waals surface area contributed by atoms with Crippen LogP contribution in [0.2, 0.25) is 0 Å². The smallest absolute Gasteiger partial charge is 0.337 e. The maximum Gasteiger partial charge on any atom is 0.337 e. The maximum absolute atomic E-state index is 11.6. The van der Waals surface area contributed by atoms with Crippen molar-refractivity contribution in [2.45, 2.75) is 13.5 Å². The predicted octanol–water partition coefficient (Wildman–Crippen LogP) is 4.03. The number of esters is 1. The van der Waals surface area contributed by atoms with Gasteiger partial charge in [-0.25, -0.2) is 4.79 Å². The van der Waals surface area contributed by atoms with Gasteiger partial charge in [0.1, 0.15) is 12.9 Å². The molecule has 0 aliphatic heterocycles. The van der Waals surface area contributed by atoms with E-state index in [1.54, 1.807) is 30.3 Å². The molecule has 0 saturated carbocycles. The molecule has 0 aromatic heterocycles. The summed E-state index contributed by atoms with van der Waals surface area (Å²) < 4.78 is 16.7. The van der Waals surface area contributed by atoms with Gasteiger partial charge >= 0.3 is 5.97 Å². The Hall–Kier alpha value is -2.34. The minimum atomic E-state index is -0.400. The number of aldehydes is 1. The summed E-state index contributed by atoms with van der Waals surface area (Å²) in [5.41, 5.74) is 1.76. The van der Waals surface area contributed by atoms with Crippen LogP contribution in [-0.2, 0) is 11.3 Å². The molecule has 0 saturated heterocycles. The Morgan fingerprint density at radius 1 is 1.21 bits per heavy atom. The molecule has 0 aliphatic rings. The summed E-state index contributed by atoms with van der Waals surface area (Å²) in [5.74, 6) is 0.590. The van der Waals surface area contributed by atoms with Crippen LogP contribution in [0.5, 0.6) is 11.5 Å². The van der Waals surface area contributed by atoms with Gasteiger partial charge in [-0.1, -0.05) is 12.1 Å². The SMILES string of the molecule is CCOc1cc(C=O)cc(Br)c1OCc1cccc(C(=O)OC)c1. The number of carbonyl (C=O) groups is 2. The van der Waals surface area contributed by atoms with E-state index in [1.807, 2.05) is 13.0 Å². The first-order valence-electron chi connectivity index (χ1n) is 7.30. The Kier molecular flexibility index (Phi) is 6.37. The lowest BCUT2D eigenvalue weighted by atomic mass is 10.1. The Balaban J connectivity index is 2.22. The van der Waals surface area contributed by atoms with Crippen molar-refractivity contribution < 1.29 is 23.8 Å². The minimum absolute atomic E-state index is 0.240. The van der Waals surface area contributed by atoms with Gasteiger partial charge < -0.3 is 14.2 Å². The Labute approximate surface area is 148 Å². The quantitative estimate of drug-likeness (QED) is 0.525. The predicted molar refractivity (Wildman–Crippen MR) is 92.8 cm³/mol. The van der Waals surface area contributed by atoms with Crippen LogP contribution in [0.3, 0.4) is 0 Å². The Morgan fingerprint density at radius 3 is 2.67 bits per heavy atom. The molecule has 0 atom stereocenters. The maximum atomic E-state index is 11.6. The van der Waals surface area contributed by atoms with E-state index in [2.05, 4.69) is 15.9 Å². The summed E-state index contributed by atoms with van der Waals surface area (Å²) in [7, 11) is 1.34. The zero-order valence-electron chi connectivity index (χ0n) is 13.4. The molecule has 5 nitrogen and oxygen atoms in total. The van der Waals surface area contributed by atoms with Gasteiger partial charge in [-0.05, 0) is 52.7 Å². The summed E-state index contributed by atoms with van der Waals surface area (Å²) in [6.45, 7) is 2.54. The molecule has 0 unspecified atom stereocenters. The molecule has 0 aliphatic carbocycles. The van der Waals surface area contributed by atoms with Crippen LogP contribution in [0, 0.1) is 0 Å². The number of hydrogen-bond donors (Lipinski definition) is 0. The van der Waals surface area contributed by atoms with E-state index < -0.39 is 5.97 Å². The van der Waals surface area contributed by atoms with Gasteiger partial charge in [-0.15, -0.1) is 0 Å². The summed E-state index contributed by atoms with van der Waals surface area (Å²) in [6.07, 6.45) is 0.747. The number of halogens is 1. The van der Waals surface area contributed by atoms with Crippen LogP contribution in [-0.4, -0.2) is 26.0 Å². The lowest BCUT2D eigenvalue weighted by molar-refractivity contribution is 0.0600. The monoisotopic (exact) mass is 392 g/mol. The molecule has 0 bridgehead atoms. The summed E-state index contributed by atoms with van der Waals surface area (Å²) in [5, 5.41) is 0. The molecule has 0 spiro atoms. The molecule has 0 heterocycles. The molecule has 0 fully saturated rings. The van der Waals surface area contributed by atoms with E-state index in [9.17, 15) is 9.59 Å². The van der Waals surface area contributed by atoms with E-state index >= 15 is 0 Å². The summed E-state index contributed by atoms with van der Waals surface area (Å²) in [4.78, 5) is 22.6. The van der Waals surface area contributed by atoms with Crippen molar-refractivity contribution in [2.75, 3.05) is 13.7 Å². The van der Waals surface area contributed by atoms with Crippen LogP contribution < -0.4 is 9.47 Å². The van der Waals surface area contributed by atoms with Crippen molar-refractivity contribution in [1.29, 1.82) is 0 Å². The normalized spacial score (nSPS) is 10.1. The molecular weight excluding hydrogens is 376 g/mol. The van der Waals surface area contributed by atoms with E-state index in [1.165, 1.54) is 7.11 Å². The van der Waals surface area contributed by atoms with Gasteiger partial charge in [0.15, 0.2) is 11.5 Å². The zero-order chi connectivity index (χ0) is 17.5. The third-order valence-electron chi connectivity index (χ3n) is 3.20. The Morgan fingerprint density at radius 2 is 2.00 bits per heavy atom. The lowest BCUT2D eigenvalue weighted by Crippen LogP contribution is -2.04. The first-order chi connectivity index (χ1) is 11.6. The van der Waals surface area contributed by atoms with Crippen LogP contribution >= 0.6 is 15.9 Å². The number of carbonyl (C=O) groups excluding carboxylic acids is 2. The van der Waals surface area contributed by atoms with Crippen LogP contribution in [0.25, 0.3) is 0 Å². The van der Waals surface area contributed by atoms with Crippen LogP contribution in [0.15, 0.2) is 40.9 Å². The highest BCUT2D eigenvalue weighted by atomic mass is 79.9. The fourth-order valence-corrected chi connectivity index (χ4v) is 2.69. The largest absolute Gasteiger partial charge is 0.490 e. The van der Waals surface area contributed by atoms with E-state index in [4.69, 9.17) is 14.2 Å². The molecule has 126 valence electrons. The number of methoxy groups -OCH3 is 1. The van der Waals surface area contributed by atoms with Crippen LogP contribution in [0.1, 0.15) is 33.2 Å². The van der Waals surface area contributed by atoms with Crippen molar-refractivity contribution in [3.63, 3.8) is 0 Å². The minimum Gasteiger partial charge on any atom is -0.490 e. The van der Waals surface area contributed by atoms with Crippen molar-refractivity contribution in [2.24, 2.45) is 0 Å². The standard InChI is InChI=1S/C18H17BrO5/c1-3-23-16-9-13(10-20)8-15(19)17(16)24-11-12-5-4-6-14(7-12)18(21)22-2/h4-10H,3,11H2,1-2H3. The van der Waals surface area contributed by atoms with Crippen molar-refractivity contribution >= 4 is 28.2 Å². The number of rotatable bonds is 7. The molecular formula is C18H17BrO5. The zero-order valence-corrected chi connectivity index (χ0v) is 15.0. The van der Waals surface area contributed by atoms with Crippen molar-refractivity contribution in [1.82, 2.24) is 0 Å². The fraction of sp³-hybridized carbons (Fsp3) is 0.222. The van der Waals surface area contributed by atoms with Gasteiger partial charge in [-0.2, -0.15) is 0 Å². The fourth-order valence-electron chi connectivity index (χ4n) is 2.12. The summed E-state index contributed by atoms with van der Waals surface area (Å²) in [6, 6.07) is 10.3. The number of benzene rings is 2. The molecule has 24 heavy (non-hydrogen) atoms. The topological polar surface area (TPSA) is 61.8 Å². The molecule has 2 aromatic rings. The third-order valence-corrected chi connectivity index (χ3v) is 3.79. The number of hydrogen-bond acceptors (Lipinski definition) is 5. The molecule has 6 heteroatoms. The third kappa shape index (κ3) is 4.35. The van der Waals surface area contributed by atoms with Gasteiger partial charge in [0.2, 0.25) is 0 Å². The van der Waals surface area contributed by atoms with E-state index in [-0.39, 0.29) is 6.61 Å². The second-order valence-corrected chi connectivity index (χ2v) is 5.72. The van der Waals surface area contributed by atoms with Gasteiger partial charge in [0, 0.05) is 5.56 Å². The van der Waals surface area contributed by atoms with Gasteiger partial charge in [-0.3, -0.25) is 4.79 Å². The summed E-state index contributed by atoms with van der Waals surface area (Å²) >= 11 is 3.39. The average Bonchev–Trinajstić information content (AvgIpc) is 2.60. The molecule has 0 N–H and O–H groups in total. The Bertz CT molecular complexity index is 742. The average molecular weight is 393 g/mol. The molecule has 2 aromatic carbocycles. The van der Waals surface area contributed by atoms with Gasteiger partial charge in [0.25, 0.3) is 0 Å². The number of ether oxygens (including phenoxy) is 3. The second kappa shape index (κ2) is 8.49. The first-order valence-corrected chi connectivity index (χ1v) is 8.10. The van der Waals surface area contributed by atoms with E-state index in [0.29, 0.717) is 33.7 Å².